The first-order valence-corrected chi connectivity index (χ1v) is 9.08. The second kappa shape index (κ2) is 6.36. The molecule has 0 aromatic heterocycles. The van der Waals surface area contributed by atoms with Crippen LogP contribution >= 0.6 is 0 Å². The van der Waals surface area contributed by atoms with E-state index in [0.717, 1.165) is 22.8 Å². The molecule has 28 heavy (non-hydrogen) atoms. The van der Waals surface area contributed by atoms with E-state index in [1.165, 1.54) is 18.2 Å². The number of rotatable bonds is 2. The Balaban J connectivity index is 1.93. The van der Waals surface area contributed by atoms with Crippen LogP contribution in [-0.2, 0) is 6.18 Å². The van der Waals surface area contributed by atoms with Gasteiger partial charge in [0.2, 0.25) is 0 Å². The van der Waals surface area contributed by atoms with Crippen LogP contribution in [0, 0.1) is 29.9 Å². The van der Waals surface area contributed by atoms with Gasteiger partial charge in [-0.3, -0.25) is 10.1 Å². The van der Waals surface area contributed by atoms with Crippen molar-refractivity contribution in [3.8, 4) is 0 Å². The maximum Gasteiger partial charge on any atom is 0.416 e. The Morgan fingerprint density at radius 1 is 1.21 bits per heavy atom. The summed E-state index contributed by atoms with van der Waals surface area (Å²) in [6.45, 7) is 3.73. The topological polar surface area (TPSA) is 55.2 Å². The molecule has 0 fully saturated rings. The minimum atomic E-state index is -4.49. The van der Waals surface area contributed by atoms with E-state index >= 15 is 0 Å². The number of nitro groups is 1. The first kappa shape index (κ1) is 18.5. The third-order valence-corrected chi connectivity index (χ3v) is 5.95. The highest BCUT2D eigenvalue weighted by Crippen LogP contribution is 2.54. The molecule has 7 heteroatoms. The molecule has 4 nitrogen and oxygen atoms in total. The minimum absolute atomic E-state index is 0.0914. The monoisotopic (exact) mass is 388 g/mol. The normalized spacial score (nSPS) is 23.1. The molecule has 0 unspecified atom stereocenters. The van der Waals surface area contributed by atoms with Crippen molar-refractivity contribution in [1.29, 1.82) is 0 Å². The number of nitrogens with zero attached hydrogens (tertiary/aromatic N) is 1. The summed E-state index contributed by atoms with van der Waals surface area (Å²) >= 11 is 0. The number of benzene rings is 2. The van der Waals surface area contributed by atoms with Gasteiger partial charge in [-0.05, 0) is 54.5 Å². The molecule has 1 aliphatic heterocycles. The first-order valence-electron chi connectivity index (χ1n) is 9.08. The predicted octanol–water partition coefficient (Wildman–Crippen LogP) is 6.06. The lowest BCUT2D eigenvalue weighted by Crippen LogP contribution is -2.32. The molecule has 0 amide bonds. The molecule has 146 valence electrons. The lowest BCUT2D eigenvalue weighted by Gasteiger charge is -2.39. The van der Waals surface area contributed by atoms with E-state index < -0.39 is 22.7 Å². The Morgan fingerprint density at radius 2 is 1.93 bits per heavy atom. The van der Waals surface area contributed by atoms with Crippen molar-refractivity contribution in [1.82, 2.24) is 0 Å². The molecule has 0 saturated heterocycles. The van der Waals surface area contributed by atoms with Crippen LogP contribution in [0.4, 0.5) is 24.5 Å². The molecule has 2 aliphatic rings. The zero-order valence-electron chi connectivity index (χ0n) is 15.4. The maximum absolute atomic E-state index is 13.6. The summed E-state index contributed by atoms with van der Waals surface area (Å²) < 4.78 is 40.8. The van der Waals surface area contributed by atoms with Gasteiger partial charge in [0.1, 0.15) is 5.69 Å². The van der Waals surface area contributed by atoms with Crippen LogP contribution in [0.5, 0.6) is 0 Å². The second-order valence-electron chi connectivity index (χ2n) is 7.44. The van der Waals surface area contributed by atoms with Gasteiger partial charge in [-0.2, -0.15) is 13.2 Å². The van der Waals surface area contributed by atoms with Crippen LogP contribution in [-0.4, -0.2) is 4.92 Å². The van der Waals surface area contributed by atoms with Gasteiger partial charge < -0.3 is 5.32 Å². The fourth-order valence-electron chi connectivity index (χ4n) is 4.56. The molecule has 3 atom stereocenters. The largest absolute Gasteiger partial charge is 0.416 e. The SMILES string of the molecule is Cc1cc([N+](=O)[O-])c2c(c1C)[C@@H]1C=CC[C@@H]1[C@H](c1ccccc1C(F)(F)F)N2. The zero-order chi connectivity index (χ0) is 20.2. The fraction of sp³-hybridized carbons (Fsp3) is 0.333. The van der Waals surface area contributed by atoms with Crippen molar-refractivity contribution in [2.45, 2.75) is 38.4 Å². The fourth-order valence-corrected chi connectivity index (χ4v) is 4.56. The summed E-state index contributed by atoms with van der Waals surface area (Å²) in [4.78, 5) is 11.2. The Kier molecular flexibility index (Phi) is 4.21. The van der Waals surface area contributed by atoms with Crippen molar-refractivity contribution in [2.75, 3.05) is 5.32 Å². The maximum atomic E-state index is 13.6. The highest BCUT2D eigenvalue weighted by Gasteiger charge is 2.44. The standard InChI is InChI=1S/C21H19F3N2O2/c1-11-10-17(26(27)28)20-18(12(11)2)13-7-5-8-14(13)19(25-20)15-6-3-4-9-16(15)21(22,23)24/h3-7,9-10,13-14,19,25H,8H2,1-2H3/t13-,14+,19-/m1/s1. The predicted molar refractivity (Wildman–Crippen MR) is 100 cm³/mol. The van der Waals surface area contributed by atoms with Gasteiger partial charge >= 0.3 is 6.18 Å². The number of fused-ring (bicyclic) bond motifs is 3. The van der Waals surface area contributed by atoms with Crippen LogP contribution in [0.1, 0.15) is 46.2 Å². The molecule has 2 aromatic carbocycles. The van der Waals surface area contributed by atoms with Crippen molar-refractivity contribution in [3.63, 3.8) is 0 Å². The highest BCUT2D eigenvalue weighted by molar-refractivity contribution is 5.74. The molecule has 0 spiro atoms. The number of anilines is 1. The molecular formula is C21H19F3N2O2. The van der Waals surface area contributed by atoms with E-state index in [2.05, 4.69) is 5.32 Å². The van der Waals surface area contributed by atoms with Crippen molar-refractivity contribution >= 4 is 11.4 Å². The van der Waals surface area contributed by atoms with Crippen LogP contribution in [0.25, 0.3) is 0 Å². The molecular weight excluding hydrogens is 369 g/mol. The van der Waals surface area contributed by atoms with Crippen molar-refractivity contribution in [2.24, 2.45) is 5.92 Å². The number of hydrogen-bond acceptors (Lipinski definition) is 3. The van der Waals surface area contributed by atoms with Crippen molar-refractivity contribution in [3.05, 3.63) is 80.4 Å². The summed E-state index contributed by atoms with van der Waals surface area (Å²) in [5, 5.41) is 14.8. The molecule has 1 aliphatic carbocycles. The molecule has 0 radical (unpaired) electrons. The Bertz CT molecular complexity index is 998. The summed E-state index contributed by atoms with van der Waals surface area (Å²) in [7, 11) is 0. The highest BCUT2D eigenvalue weighted by atomic mass is 19.4. The van der Waals surface area contributed by atoms with Crippen LogP contribution < -0.4 is 5.32 Å². The Labute approximate surface area is 160 Å². The van der Waals surface area contributed by atoms with E-state index in [9.17, 15) is 23.3 Å². The number of aryl methyl sites for hydroxylation is 1. The van der Waals surface area contributed by atoms with Gasteiger partial charge in [-0.1, -0.05) is 30.4 Å². The van der Waals surface area contributed by atoms with Gasteiger partial charge in [0.05, 0.1) is 16.5 Å². The molecule has 1 N–H and O–H groups in total. The average Bonchev–Trinajstić information content (AvgIpc) is 3.12. The number of alkyl halides is 3. The zero-order valence-corrected chi connectivity index (χ0v) is 15.4. The van der Waals surface area contributed by atoms with E-state index in [1.807, 2.05) is 26.0 Å². The van der Waals surface area contributed by atoms with Crippen molar-refractivity contribution < 1.29 is 18.1 Å². The number of hydrogen-bond donors (Lipinski definition) is 1. The third-order valence-electron chi connectivity index (χ3n) is 5.95. The molecule has 1 heterocycles. The van der Waals surface area contributed by atoms with Gasteiger partial charge in [0, 0.05) is 12.0 Å². The average molecular weight is 388 g/mol. The van der Waals surface area contributed by atoms with E-state index in [1.54, 1.807) is 6.07 Å². The third kappa shape index (κ3) is 2.77. The quantitative estimate of drug-likeness (QED) is 0.387. The molecule has 0 saturated carbocycles. The summed E-state index contributed by atoms with van der Waals surface area (Å²) in [5.41, 5.74) is 2.25. The van der Waals surface area contributed by atoms with Gasteiger partial charge in [-0.15, -0.1) is 0 Å². The smallest absolute Gasteiger partial charge is 0.372 e. The Hall–Kier alpha value is -2.83. The number of allylic oxidation sites excluding steroid dienone is 2. The van der Waals surface area contributed by atoms with E-state index in [0.29, 0.717) is 12.1 Å². The second-order valence-corrected chi connectivity index (χ2v) is 7.44. The van der Waals surface area contributed by atoms with E-state index in [-0.39, 0.29) is 23.1 Å². The van der Waals surface area contributed by atoms with Gasteiger partial charge in [0.15, 0.2) is 0 Å². The van der Waals surface area contributed by atoms with Crippen LogP contribution in [0.15, 0.2) is 42.5 Å². The number of nitrogens with one attached hydrogen (secondary N) is 1. The Morgan fingerprint density at radius 3 is 2.61 bits per heavy atom. The minimum Gasteiger partial charge on any atom is -0.372 e. The van der Waals surface area contributed by atoms with E-state index in [4.69, 9.17) is 0 Å². The van der Waals surface area contributed by atoms with Crippen LogP contribution in [0.2, 0.25) is 0 Å². The van der Waals surface area contributed by atoms with Gasteiger partial charge in [-0.25, -0.2) is 0 Å². The summed E-state index contributed by atoms with van der Waals surface area (Å²) in [6, 6.07) is 6.31. The number of halogens is 3. The lowest BCUT2D eigenvalue weighted by molar-refractivity contribution is -0.384. The number of nitro benzene ring substituents is 1. The molecule has 0 bridgehead atoms. The molecule has 4 rings (SSSR count). The lowest BCUT2D eigenvalue weighted by atomic mass is 9.74. The molecule has 2 aromatic rings. The summed E-state index contributed by atoms with van der Waals surface area (Å²) in [5.74, 6) is -0.280. The summed E-state index contributed by atoms with van der Waals surface area (Å²) in [6.07, 6.45) is 0.0664. The van der Waals surface area contributed by atoms with Gasteiger partial charge in [0.25, 0.3) is 5.69 Å². The first-order chi connectivity index (χ1) is 13.2. The van der Waals surface area contributed by atoms with Crippen LogP contribution in [0.3, 0.4) is 0 Å².